The number of hydrogen-bond acceptors (Lipinski definition) is 4. The van der Waals surface area contributed by atoms with Gasteiger partial charge in [-0.25, -0.2) is 0 Å². The normalized spacial score (nSPS) is 9.88. The molecule has 0 saturated carbocycles. The molecule has 0 spiro atoms. The first-order chi connectivity index (χ1) is 7.27. The van der Waals surface area contributed by atoms with Crippen molar-refractivity contribution in [3.63, 3.8) is 0 Å². The van der Waals surface area contributed by atoms with Crippen LogP contribution in [0.15, 0.2) is 24.7 Å². The van der Waals surface area contributed by atoms with Gasteiger partial charge in [0.15, 0.2) is 0 Å². The van der Waals surface area contributed by atoms with Gasteiger partial charge >= 0.3 is 0 Å². The molecule has 0 heterocycles. The third kappa shape index (κ3) is 29.3. The van der Waals surface area contributed by atoms with E-state index in [-0.39, 0.29) is 6.10 Å². The molecule has 1 unspecified atom stereocenters. The number of allylic oxidation sites excluding steroid dienone is 1. The molecule has 1 atom stereocenters. The lowest BCUT2D eigenvalue weighted by molar-refractivity contribution is 0.171. The Hall–Kier alpha value is -1.16. The molecule has 0 aromatic heterocycles. The second-order valence-electron chi connectivity index (χ2n) is 3.40. The van der Waals surface area contributed by atoms with Crippen LogP contribution in [-0.2, 0) is 0 Å². The predicted octanol–water partition coefficient (Wildman–Crippen LogP) is 1.62. The van der Waals surface area contributed by atoms with Gasteiger partial charge in [-0.2, -0.15) is 0 Å². The van der Waals surface area contributed by atoms with Crippen LogP contribution in [0.4, 0.5) is 0 Å². The topological polar surface area (TPSA) is 75.5 Å². The van der Waals surface area contributed by atoms with E-state index in [1.165, 1.54) is 0 Å². The summed E-state index contributed by atoms with van der Waals surface area (Å²) in [5, 5.41) is 8.89. The fourth-order valence-corrected chi connectivity index (χ4v) is 0.524. The molecule has 98 valence electrons. The quantitative estimate of drug-likeness (QED) is 0.687. The van der Waals surface area contributed by atoms with Crippen LogP contribution < -0.4 is 11.5 Å². The van der Waals surface area contributed by atoms with E-state index < -0.39 is 0 Å². The molecule has 4 heteroatoms. The van der Waals surface area contributed by atoms with Crippen LogP contribution >= 0.6 is 0 Å². The highest BCUT2D eigenvalue weighted by molar-refractivity contribution is 4.83. The van der Waals surface area contributed by atoms with Gasteiger partial charge in [0, 0.05) is 13.6 Å². The van der Waals surface area contributed by atoms with Crippen LogP contribution in [0.5, 0.6) is 0 Å². The zero-order valence-corrected chi connectivity index (χ0v) is 11.5. The van der Waals surface area contributed by atoms with Gasteiger partial charge in [-0.1, -0.05) is 27.0 Å². The molecule has 0 aromatic rings. The highest BCUT2D eigenvalue weighted by atomic mass is 16.3. The van der Waals surface area contributed by atoms with Gasteiger partial charge in [0.05, 0.1) is 11.9 Å². The van der Waals surface area contributed by atoms with Gasteiger partial charge < -0.3 is 21.5 Å². The van der Waals surface area contributed by atoms with E-state index in [0.29, 0.717) is 11.5 Å². The summed E-state index contributed by atoms with van der Waals surface area (Å²) in [4.78, 5) is 1.81. The zero-order chi connectivity index (χ0) is 13.7. The average molecular weight is 231 g/mol. The second-order valence-corrected chi connectivity index (χ2v) is 3.40. The van der Waals surface area contributed by atoms with Crippen molar-refractivity contribution in [3.05, 3.63) is 24.7 Å². The monoisotopic (exact) mass is 231 g/mol. The Bertz CT molecular complexity index is 175. The maximum atomic E-state index is 8.89. The number of nitrogens with zero attached hydrogens (tertiary/aromatic N) is 1. The van der Waals surface area contributed by atoms with Gasteiger partial charge in [-0.05, 0) is 26.0 Å². The highest BCUT2D eigenvalue weighted by Crippen LogP contribution is 1.95. The molecule has 4 nitrogen and oxygen atoms in total. The number of rotatable bonds is 4. The molecule has 0 aliphatic carbocycles. The Kier molecular flexibility index (Phi) is 17.5. The van der Waals surface area contributed by atoms with Crippen molar-refractivity contribution >= 4 is 0 Å². The first kappa shape index (κ1) is 20.3. The molecular formula is C12H29N3O. The minimum absolute atomic E-state index is 0.262. The van der Waals surface area contributed by atoms with Crippen LogP contribution in [0.3, 0.4) is 0 Å². The summed E-state index contributed by atoms with van der Waals surface area (Å²) in [5.74, 6) is 0.542. The number of nitrogens with two attached hydrogens (primary N) is 2. The van der Waals surface area contributed by atoms with Crippen LogP contribution in [0.1, 0.15) is 34.1 Å². The van der Waals surface area contributed by atoms with Crippen molar-refractivity contribution in [2.75, 3.05) is 13.6 Å². The molecule has 0 fully saturated rings. The highest BCUT2D eigenvalue weighted by Gasteiger charge is 1.99. The third-order valence-electron chi connectivity index (χ3n) is 1.37. The van der Waals surface area contributed by atoms with Gasteiger partial charge in [0.1, 0.15) is 0 Å². The fourth-order valence-electron chi connectivity index (χ4n) is 0.524. The van der Waals surface area contributed by atoms with Crippen molar-refractivity contribution in [3.8, 4) is 0 Å². The van der Waals surface area contributed by atoms with Crippen molar-refractivity contribution in [1.29, 1.82) is 0 Å². The molecule has 16 heavy (non-hydrogen) atoms. The molecule has 0 amide bonds. The molecular weight excluding hydrogens is 202 g/mol. The van der Waals surface area contributed by atoms with Crippen molar-refractivity contribution in [1.82, 2.24) is 4.90 Å². The molecule has 0 rings (SSSR count). The zero-order valence-electron chi connectivity index (χ0n) is 11.5. The molecule has 5 N–H and O–H groups in total. The summed E-state index contributed by atoms with van der Waals surface area (Å²) < 4.78 is 0. The number of hydrogen-bond donors (Lipinski definition) is 3. The van der Waals surface area contributed by atoms with E-state index in [2.05, 4.69) is 13.2 Å². The minimum atomic E-state index is -0.262. The SMILES string of the molecule is C=C(C)N.C=C(N)N(C)CCC(C)O.CC. The fraction of sp³-hybridized carbons (Fsp3) is 0.667. The Morgan fingerprint density at radius 2 is 1.62 bits per heavy atom. The number of aliphatic hydroxyl groups is 1. The Balaban J connectivity index is -0.000000237. The second kappa shape index (κ2) is 13.8. The molecule has 0 bridgehead atoms. The summed E-state index contributed by atoms with van der Waals surface area (Å²) in [5.41, 5.74) is 11.0. The lowest BCUT2D eigenvalue weighted by Crippen LogP contribution is -2.25. The summed E-state index contributed by atoms with van der Waals surface area (Å²) in [7, 11) is 1.85. The summed E-state index contributed by atoms with van der Waals surface area (Å²) in [6, 6.07) is 0. The van der Waals surface area contributed by atoms with E-state index >= 15 is 0 Å². The lowest BCUT2D eigenvalue weighted by Gasteiger charge is -2.18. The van der Waals surface area contributed by atoms with Gasteiger partial charge in [0.25, 0.3) is 0 Å². The smallest absolute Gasteiger partial charge is 0.0909 e. The molecule has 0 aromatic carbocycles. The molecule has 0 radical (unpaired) electrons. The largest absolute Gasteiger partial charge is 0.403 e. The maximum Gasteiger partial charge on any atom is 0.0909 e. The van der Waals surface area contributed by atoms with Gasteiger partial charge in [-0.15, -0.1) is 0 Å². The van der Waals surface area contributed by atoms with Gasteiger partial charge in [-0.3, -0.25) is 0 Å². The van der Waals surface area contributed by atoms with E-state index in [9.17, 15) is 0 Å². The Morgan fingerprint density at radius 1 is 1.31 bits per heavy atom. The van der Waals surface area contributed by atoms with Gasteiger partial charge in [0.2, 0.25) is 0 Å². The van der Waals surface area contributed by atoms with Crippen molar-refractivity contribution < 1.29 is 5.11 Å². The van der Waals surface area contributed by atoms with Crippen molar-refractivity contribution in [2.24, 2.45) is 11.5 Å². The summed E-state index contributed by atoms with van der Waals surface area (Å²) in [6.07, 6.45) is 0.467. The van der Waals surface area contributed by atoms with Crippen LogP contribution in [0.25, 0.3) is 0 Å². The third-order valence-corrected chi connectivity index (χ3v) is 1.37. The number of aliphatic hydroxyl groups excluding tert-OH is 1. The van der Waals surface area contributed by atoms with E-state index in [0.717, 1.165) is 13.0 Å². The van der Waals surface area contributed by atoms with Crippen molar-refractivity contribution in [2.45, 2.75) is 40.2 Å². The standard InChI is InChI=1S/C7H16N2O.C3H7N.C2H6/c1-6(10)4-5-9(3)7(2)8;1-3(2)4;1-2/h6,10H,2,4-5,8H2,1,3H3;1,4H2,2H3;1-2H3. The van der Waals surface area contributed by atoms with E-state index in [1.807, 2.05) is 25.8 Å². The molecule has 0 aliphatic rings. The summed E-state index contributed by atoms with van der Waals surface area (Å²) in [6.45, 7) is 15.2. The maximum absolute atomic E-state index is 8.89. The Morgan fingerprint density at radius 3 is 1.81 bits per heavy atom. The van der Waals surface area contributed by atoms with Crippen LogP contribution in [0.2, 0.25) is 0 Å². The first-order valence-corrected chi connectivity index (χ1v) is 5.52. The minimum Gasteiger partial charge on any atom is -0.403 e. The molecule has 0 saturated heterocycles. The van der Waals surface area contributed by atoms with E-state index in [1.54, 1.807) is 13.8 Å². The first-order valence-electron chi connectivity index (χ1n) is 5.52. The van der Waals surface area contributed by atoms with Crippen LogP contribution in [0, 0.1) is 0 Å². The predicted molar refractivity (Wildman–Crippen MR) is 72.6 cm³/mol. The van der Waals surface area contributed by atoms with E-state index in [4.69, 9.17) is 16.6 Å². The Labute approximate surface area is 101 Å². The van der Waals surface area contributed by atoms with Crippen LogP contribution in [-0.4, -0.2) is 29.7 Å². The molecule has 0 aliphatic heterocycles. The average Bonchev–Trinajstić information content (AvgIpc) is 2.16. The summed E-state index contributed by atoms with van der Waals surface area (Å²) >= 11 is 0. The lowest BCUT2D eigenvalue weighted by atomic mass is 10.3.